The highest BCUT2D eigenvalue weighted by Crippen LogP contribution is 2.35. The lowest BCUT2D eigenvalue weighted by atomic mass is 10.1. The van der Waals surface area contributed by atoms with E-state index < -0.39 is 0 Å². The monoisotopic (exact) mass is 424 g/mol. The van der Waals surface area contributed by atoms with E-state index in [0.717, 1.165) is 51.9 Å². The molecule has 160 valence electrons. The number of fused-ring (bicyclic) bond motifs is 2. The summed E-state index contributed by atoms with van der Waals surface area (Å²) in [6.07, 6.45) is 3.27. The Balaban J connectivity index is 1.34. The molecule has 0 saturated heterocycles. The summed E-state index contributed by atoms with van der Waals surface area (Å²) in [4.78, 5) is 13.7. The highest BCUT2D eigenvalue weighted by atomic mass is 16.5. The van der Waals surface area contributed by atoms with Gasteiger partial charge in [0.15, 0.2) is 11.5 Å². The van der Waals surface area contributed by atoms with Crippen molar-refractivity contribution >= 4 is 21.9 Å². The molecule has 0 bridgehead atoms. The van der Waals surface area contributed by atoms with Gasteiger partial charge in [-0.3, -0.25) is 0 Å². The third-order valence-electron chi connectivity index (χ3n) is 5.65. The van der Waals surface area contributed by atoms with Crippen LogP contribution in [0.5, 0.6) is 11.5 Å². The quantitative estimate of drug-likeness (QED) is 0.336. The Kier molecular flexibility index (Phi) is 5.42. The second-order valence-electron chi connectivity index (χ2n) is 7.64. The summed E-state index contributed by atoms with van der Waals surface area (Å²) in [5, 5.41) is 0.933. The zero-order valence-electron chi connectivity index (χ0n) is 18.2. The summed E-state index contributed by atoms with van der Waals surface area (Å²) in [7, 11) is 3.71. The second-order valence-corrected chi connectivity index (χ2v) is 7.64. The number of rotatable bonds is 7. The van der Waals surface area contributed by atoms with Gasteiger partial charge >= 0.3 is 0 Å². The molecule has 32 heavy (non-hydrogen) atoms. The third kappa shape index (κ3) is 3.75. The standard InChI is InChI=1S/C26H24N4O2/c1-30-22-12-7-6-11-20(22)29-25(30)13-8-14-32-24-16-21-19(15-23(24)31-2)26(28-17-27-21)18-9-4-3-5-10-18/h3-7,9-12,15-17H,8,13-14H2,1-2H3. The van der Waals surface area contributed by atoms with Crippen molar-refractivity contribution in [2.75, 3.05) is 13.7 Å². The number of para-hydroxylation sites is 2. The summed E-state index contributed by atoms with van der Waals surface area (Å²) >= 11 is 0. The van der Waals surface area contributed by atoms with Crippen LogP contribution in [0.2, 0.25) is 0 Å². The van der Waals surface area contributed by atoms with E-state index in [9.17, 15) is 0 Å². The molecule has 0 aliphatic heterocycles. The molecule has 0 atom stereocenters. The first kappa shape index (κ1) is 20.0. The van der Waals surface area contributed by atoms with Gasteiger partial charge in [-0.05, 0) is 24.6 Å². The fraction of sp³-hybridized carbons (Fsp3) is 0.192. The van der Waals surface area contributed by atoms with E-state index in [1.807, 2.05) is 60.7 Å². The molecule has 6 heteroatoms. The van der Waals surface area contributed by atoms with E-state index in [1.54, 1.807) is 13.4 Å². The minimum atomic E-state index is 0.557. The fourth-order valence-corrected chi connectivity index (χ4v) is 3.99. The molecule has 6 nitrogen and oxygen atoms in total. The van der Waals surface area contributed by atoms with Crippen LogP contribution < -0.4 is 9.47 Å². The van der Waals surface area contributed by atoms with Crippen molar-refractivity contribution in [3.05, 3.63) is 78.9 Å². The molecule has 5 aromatic rings. The first-order chi connectivity index (χ1) is 15.7. The highest BCUT2D eigenvalue weighted by molar-refractivity contribution is 5.94. The second kappa shape index (κ2) is 8.67. The van der Waals surface area contributed by atoms with Crippen LogP contribution in [0.25, 0.3) is 33.2 Å². The molecule has 0 aliphatic rings. The van der Waals surface area contributed by atoms with Crippen molar-refractivity contribution in [2.24, 2.45) is 7.05 Å². The van der Waals surface area contributed by atoms with E-state index in [4.69, 9.17) is 14.5 Å². The van der Waals surface area contributed by atoms with Crippen molar-refractivity contribution in [3.8, 4) is 22.8 Å². The molecule has 5 rings (SSSR count). The summed E-state index contributed by atoms with van der Waals surface area (Å²) in [5.74, 6) is 2.41. The van der Waals surface area contributed by atoms with Gasteiger partial charge in [-0.1, -0.05) is 42.5 Å². The molecule has 0 N–H and O–H groups in total. The van der Waals surface area contributed by atoms with Crippen LogP contribution in [-0.2, 0) is 13.5 Å². The van der Waals surface area contributed by atoms with E-state index in [2.05, 4.69) is 27.6 Å². The molecule has 0 saturated carbocycles. The summed E-state index contributed by atoms with van der Waals surface area (Å²) < 4.78 is 13.9. The minimum Gasteiger partial charge on any atom is -0.493 e. The molecule has 3 aromatic carbocycles. The predicted octanol–water partition coefficient (Wildman–Crippen LogP) is 5.20. The van der Waals surface area contributed by atoms with Crippen molar-refractivity contribution in [2.45, 2.75) is 12.8 Å². The fourth-order valence-electron chi connectivity index (χ4n) is 3.99. The Hall–Kier alpha value is -3.93. The largest absolute Gasteiger partial charge is 0.493 e. The van der Waals surface area contributed by atoms with Gasteiger partial charge in [0, 0.05) is 30.5 Å². The summed E-state index contributed by atoms with van der Waals surface area (Å²) in [6, 6.07) is 22.2. The number of hydrogen-bond acceptors (Lipinski definition) is 5. The van der Waals surface area contributed by atoms with E-state index >= 15 is 0 Å². The Morgan fingerprint density at radius 3 is 2.50 bits per heavy atom. The average Bonchev–Trinajstić information content (AvgIpc) is 3.17. The molecule has 0 fully saturated rings. The van der Waals surface area contributed by atoms with Crippen LogP contribution in [0, 0.1) is 0 Å². The van der Waals surface area contributed by atoms with Gasteiger partial charge in [0.25, 0.3) is 0 Å². The molecule has 0 spiro atoms. The van der Waals surface area contributed by atoms with Gasteiger partial charge in [-0.15, -0.1) is 0 Å². The maximum absolute atomic E-state index is 6.09. The van der Waals surface area contributed by atoms with Crippen molar-refractivity contribution < 1.29 is 9.47 Å². The van der Waals surface area contributed by atoms with Gasteiger partial charge < -0.3 is 14.0 Å². The number of nitrogens with zero attached hydrogens (tertiary/aromatic N) is 4. The lowest BCUT2D eigenvalue weighted by Gasteiger charge is -2.13. The molecule has 0 aliphatic carbocycles. The lowest BCUT2D eigenvalue weighted by Crippen LogP contribution is -2.04. The third-order valence-corrected chi connectivity index (χ3v) is 5.65. The molecule has 2 heterocycles. The van der Waals surface area contributed by atoms with E-state index in [0.29, 0.717) is 18.1 Å². The maximum Gasteiger partial charge on any atom is 0.163 e. The van der Waals surface area contributed by atoms with Crippen molar-refractivity contribution in [1.82, 2.24) is 19.5 Å². The normalized spacial score (nSPS) is 11.2. The molecule has 0 unspecified atom stereocenters. The Bertz CT molecular complexity index is 1380. The number of benzene rings is 3. The van der Waals surface area contributed by atoms with Crippen molar-refractivity contribution in [3.63, 3.8) is 0 Å². The number of imidazole rings is 1. The van der Waals surface area contributed by atoms with Gasteiger partial charge in [0.1, 0.15) is 12.2 Å². The Morgan fingerprint density at radius 2 is 1.69 bits per heavy atom. The van der Waals surface area contributed by atoms with E-state index in [-0.39, 0.29) is 0 Å². The van der Waals surface area contributed by atoms with Crippen LogP contribution in [0.15, 0.2) is 73.1 Å². The van der Waals surface area contributed by atoms with Gasteiger partial charge in [-0.25, -0.2) is 15.0 Å². The van der Waals surface area contributed by atoms with Crippen molar-refractivity contribution in [1.29, 1.82) is 0 Å². The molecular formula is C26H24N4O2. The van der Waals surface area contributed by atoms with Gasteiger partial charge in [0.05, 0.1) is 36.0 Å². The Labute approximate surface area is 186 Å². The number of hydrogen-bond donors (Lipinski definition) is 0. The molecule has 0 radical (unpaired) electrons. The summed E-state index contributed by atoms with van der Waals surface area (Å²) in [5.41, 5.74) is 4.91. The molecular weight excluding hydrogens is 400 g/mol. The zero-order valence-corrected chi connectivity index (χ0v) is 18.2. The van der Waals surface area contributed by atoms with Crippen LogP contribution in [0.3, 0.4) is 0 Å². The van der Waals surface area contributed by atoms with Gasteiger partial charge in [0.2, 0.25) is 0 Å². The number of ether oxygens (including phenoxy) is 2. The highest BCUT2D eigenvalue weighted by Gasteiger charge is 2.13. The maximum atomic E-state index is 6.09. The zero-order chi connectivity index (χ0) is 21.9. The van der Waals surface area contributed by atoms with Crippen LogP contribution in [0.4, 0.5) is 0 Å². The molecule has 2 aromatic heterocycles. The lowest BCUT2D eigenvalue weighted by molar-refractivity contribution is 0.289. The Morgan fingerprint density at radius 1 is 0.875 bits per heavy atom. The first-order valence-electron chi connectivity index (χ1n) is 10.7. The topological polar surface area (TPSA) is 62.1 Å². The first-order valence-corrected chi connectivity index (χ1v) is 10.7. The van der Waals surface area contributed by atoms with Crippen LogP contribution in [0.1, 0.15) is 12.2 Å². The minimum absolute atomic E-state index is 0.557. The number of aromatic nitrogens is 4. The molecule has 0 amide bonds. The number of methoxy groups -OCH3 is 1. The van der Waals surface area contributed by atoms with Crippen LogP contribution in [-0.4, -0.2) is 33.2 Å². The average molecular weight is 425 g/mol. The van der Waals surface area contributed by atoms with Crippen LogP contribution >= 0.6 is 0 Å². The SMILES string of the molecule is COc1cc2c(-c3ccccc3)ncnc2cc1OCCCc1nc2ccccc2n1C. The van der Waals surface area contributed by atoms with Gasteiger partial charge in [-0.2, -0.15) is 0 Å². The van der Waals surface area contributed by atoms with E-state index in [1.165, 1.54) is 0 Å². The summed E-state index contributed by atoms with van der Waals surface area (Å²) in [6.45, 7) is 0.557. The smallest absolute Gasteiger partial charge is 0.163 e. The predicted molar refractivity (Wildman–Crippen MR) is 126 cm³/mol. The number of aryl methyl sites for hydroxylation is 2.